The summed E-state index contributed by atoms with van der Waals surface area (Å²) in [5.41, 5.74) is 6.64. The zero-order valence-electron chi connectivity index (χ0n) is 21.1. The molecular weight excluding hydrogens is 518 g/mol. The number of benzene rings is 1. The van der Waals surface area contributed by atoms with Crippen molar-refractivity contribution in [2.75, 3.05) is 17.2 Å². The zero-order chi connectivity index (χ0) is 28.4. The summed E-state index contributed by atoms with van der Waals surface area (Å²) in [5, 5.41) is 24.8. The summed E-state index contributed by atoms with van der Waals surface area (Å²) < 4.78 is 0. The summed E-state index contributed by atoms with van der Waals surface area (Å²) in [6, 6.07) is 4.74. The highest BCUT2D eigenvalue weighted by Gasteiger charge is 2.41. The van der Waals surface area contributed by atoms with Crippen molar-refractivity contribution >= 4 is 53.0 Å². The molecule has 1 unspecified atom stereocenters. The number of carbonyl (C=O) groups is 6. The van der Waals surface area contributed by atoms with Gasteiger partial charge in [-0.1, -0.05) is 32.0 Å². The van der Waals surface area contributed by atoms with Crippen LogP contribution >= 0.6 is 11.8 Å². The molecule has 0 saturated carbocycles. The summed E-state index contributed by atoms with van der Waals surface area (Å²) in [7, 11) is 0. The first-order valence-corrected chi connectivity index (χ1v) is 13.0. The molecule has 1 heterocycles. The molecule has 4 amide bonds. The molecule has 0 aromatic heterocycles. The minimum atomic E-state index is -1.29. The Hall–Kier alpha value is -3.49. The first kappa shape index (κ1) is 30.7. The van der Waals surface area contributed by atoms with E-state index in [1.54, 1.807) is 12.1 Å². The third-order valence-electron chi connectivity index (χ3n) is 5.57. The van der Waals surface area contributed by atoms with E-state index in [1.807, 2.05) is 26.0 Å². The fourth-order valence-electron chi connectivity index (χ4n) is 3.54. The molecule has 13 nitrogen and oxygen atoms in total. The number of thioether (sulfide) groups is 1. The fourth-order valence-corrected chi connectivity index (χ4v) is 4.71. The maximum atomic E-state index is 13.2. The van der Waals surface area contributed by atoms with Crippen LogP contribution in [0.1, 0.15) is 38.7 Å². The molecule has 208 valence electrons. The van der Waals surface area contributed by atoms with Gasteiger partial charge in [-0.25, -0.2) is 4.90 Å². The second-order valence-corrected chi connectivity index (χ2v) is 10.2. The lowest BCUT2D eigenvalue weighted by Crippen LogP contribution is -2.50. The Bertz CT molecular complexity index is 1070. The lowest BCUT2D eigenvalue weighted by atomic mass is 10.1. The number of nitrogens with two attached hydrogens (primary N) is 1. The smallest absolute Gasteiger partial charge is 0.322 e. The Morgan fingerprint density at radius 1 is 1.16 bits per heavy atom. The summed E-state index contributed by atoms with van der Waals surface area (Å²) in [6.07, 6.45) is -0.565. The van der Waals surface area contributed by atoms with Gasteiger partial charge in [0, 0.05) is 31.2 Å². The highest BCUT2D eigenvalue weighted by Crippen LogP contribution is 2.32. The van der Waals surface area contributed by atoms with Gasteiger partial charge in [-0.05, 0) is 18.1 Å². The van der Waals surface area contributed by atoms with Crippen molar-refractivity contribution in [3.05, 3.63) is 29.8 Å². The lowest BCUT2D eigenvalue weighted by molar-refractivity contribution is -0.139. The fraction of sp³-hybridized carbons (Fsp3) is 0.500. The van der Waals surface area contributed by atoms with Crippen molar-refractivity contribution in [1.82, 2.24) is 16.0 Å². The third kappa shape index (κ3) is 9.11. The minimum Gasteiger partial charge on any atom is -0.480 e. The standard InChI is InChI=1S/C24H33N5O8S/c1-13(2)26-10-14-5-3-4-6-17(14)29-20(31)9-18(23(29)35)38-12-16(22(34)27-11-21(32)33)28-19(30)8-7-15(25)24(36)37/h3-6,13,15-16,18,26H,7-12,25H2,1-2H3,(H,27,34)(H,28,30)(H,32,33)(H,36,37)/t15-,16-,18?/m0/s1. The van der Waals surface area contributed by atoms with Gasteiger partial charge in [-0.3, -0.25) is 28.8 Å². The average Bonchev–Trinajstić information content (AvgIpc) is 3.14. The van der Waals surface area contributed by atoms with Gasteiger partial charge in [0.2, 0.25) is 23.6 Å². The van der Waals surface area contributed by atoms with E-state index >= 15 is 0 Å². The predicted molar refractivity (Wildman–Crippen MR) is 139 cm³/mol. The normalized spacial score (nSPS) is 16.8. The van der Waals surface area contributed by atoms with Gasteiger partial charge in [-0.2, -0.15) is 0 Å². The second-order valence-electron chi connectivity index (χ2n) is 8.97. The first-order valence-electron chi connectivity index (χ1n) is 12.0. The quantitative estimate of drug-likeness (QED) is 0.152. The van der Waals surface area contributed by atoms with E-state index in [4.69, 9.17) is 15.9 Å². The van der Waals surface area contributed by atoms with Crippen molar-refractivity contribution in [3.8, 4) is 0 Å². The molecule has 1 aromatic carbocycles. The van der Waals surface area contributed by atoms with Gasteiger partial charge in [0.1, 0.15) is 18.6 Å². The summed E-state index contributed by atoms with van der Waals surface area (Å²) in [6.45, 7) is 3.72. The molecule has 0 spiro atoms. The van der Waals surface area contributed by atoms with Crippen molar-refractivity contribution < 1.29 is 39.0 Å². The van der Waals surface area contributed by atoms with Crippen LogP contribution in [0.2, 0.25) is 0 Å². The van der Waals surface area contributed by atoms with Crippen LogP contribution in [0.15, 0.2) is 24.3 Å². The number of hydrogen-bond acceptors (Lipinski definition) is 9. The van der Waals surface area contributed by atoms with Gasteiger partial charge >= 0.3 is 11.9 Å². The first-order chi connectivity index (χ1) is 17.9. The van der Waals surface area contributed by atoms with Crippen LogP contribution in [0.3, 0.4) is 0 Å². The largest absolute Gasteiger partial charge is 0.480 e. The van der Waals surface area contributed by atoms with Crippen molar-refractivity contribution in [2.24, 2.45) is 5.73 Å². The molecular formula is C24H33N5O8S. The second kappa shape index (κ2) is 14.4. The number of carbonyl (C=O) groups excluding carboxylic acids is 4. The van der Waals surface area contributed by atoms with Crippen LogP contribution in [0.4, 0.5) is 5.69 Å². The maximum absolute atomic E-state index is 13.2. The Balaban J connectivity index is 2.10. The topological polar surface area (TPSA) is 208 Å². The van der Waals surface area contributed by atoms with Crippen LogP contribution in [-0.2, 0) is 35.3 Å². The van der Waals surface area contributed by atoms with Gasteiger partial charge in [0.15, 0.2) is 0 Å². The van der Waals surface area contributed by atoms with E-state index in [1.165, 1.54) is 0 Å². The Kier molecular flexibility index (Phi) is 11.7. The average molecular weight is 552 g/mol. The number of amides is 4. The van der Waals surface area contributed by atoms with E-state index in [2.05, 4.69) is 16.0 Å². The number of aliphatic carboxylic acids is 2. The number of nitrogens with one attached hydrogen (secondary N) is 3. The molecule has 0 aliphatic carbocycles. The molecule has 1 aromatic rings. The predicted octanol–water partition coefficient (Wildman–Crippen LogP) is -0.573. The van der Waals surface area contributed by atoms with E-state index in [0.29, 0.717) is 12.2 Å². The molecule has 7 N–H and O–H groups in total. The molecule has 1 aliphatic heterocycles. The number of imide groups is 1. The van der Waals surface area contributed by atoms with Crippen LogP contribution < -0.4 is 26.6 Å². The molecule has 1 saturated heterocycles. The number of anilines is 1. The maximum Gasteiger partial charge on any atom is 0.322 e. The summed E-state index contributed by atoms with van der Waals surface area (Å²) >= 11 is 0.991. The number of nitrogens with zero attached hydrogens (tertiary/aromatic N) is 1. The van der Waals surface area contributed by atoms with Gasteiger partial charge in [-0.15, -0.1) is 11.8 Å². The Labute approximate surface area is 223 Å². The van der Waals surface area contributed by atoms with E-state index in [-0.39, 0.29) is 31.1 Å². The molecule has 38 heavy (non-hydrogen) atoms. The number of rotatable bonds is 15. The Morgan fingerprint density at radius 2 is 1.84 bits per heavy atom. The SMILES string of the molecule is CC(C)NCc1ccccc1N1C(=O)CC(SC[C@H](NC(=O)CC[C@H](N)C(=O)O)C(=O)NCC(=O)O)C1=O. The van der Waals surface area contributed by atoms with Crippen LogP contribution in [0, 0.1) is 0 Å². The highest BCUT2D eigenvalue weighted by atomic mass is 32.2. The highest BCUT2D eigenvalue weighted by molar-refractivity contribution is 8.00. The van der Waals surface area contributed by atoms with Gasteiger partial charge < -0.3 is 31.9 Å². The summed E-state index contributed by atoms with van der Waals surface area (Å²) in [4.78, 5) is 73.7. The minimum absolute atomic E-state index is 0.111. The van der Waals surface area contributed by atoms with Crippen molar-refractivity contribution in [1.29, 1.82) is 0 Å². The molecule has 14 heteroatoms. The van der Waals surface area contributed by atoms with E-state index in [0.717, 1.165) is 22.2 Å². The Morgan fingerprint density at radius 3 is 2.47 bits per heavy atom. The van der Waals surface area contributed by atoms with Crippen LogP contribution in [-0.4, -0.2) is 81.5 Å². The number of hydrogen-bond donors (Lipinski definition) is 6. The van der Waals surface area contributed by atoms with Crippen LogP contribution in [0.25, 0.3) is 0 Å². The number of carboxylic acids is 2. The third-order valence-corrected chi connectivity index (χ3v) is 6.86. The molecule has 2 rings (SSSR count). The zero-order valence-corrected chi connectivity index (χ0v) is 22.0. The van der Waals surface area contributed by atoms with Gasteiger partial charge in [0.05, 0.1) is 10.9 Å². The molecule has 0 bridgehead atoms. The van der Waals surface area contributed by atoms with Crippen LogP contribution in [0.5, 0.6) is 0 Å². The van der Waals surface area contributed by atoms with E-state index < -0.39 is 59.4 Å². The van der Waals surface area contributed by atoms with E-state index in [9.17, 15) is 28.8 Å². The summed E-state index contributed by atoms with van der Waals surface area (Å²) in [5.74, 6) is -5.02. The molecule has 1 fully saturated rings. The molecule has 1 aliphatic rings. The lowest BCUT2D eigenvalue weighted by Gasteiger charge is -2.21. The van der Waals surface area contributed by atoms with Crippen molar-refractivity contribution in [3.63, 3.8) is 0 Å². The van der Waals surface area contributed by atoms with Crippen molar-refractivity contribution in [2.45, 2.75) is 63.0 Å². The monoisotopic (exact) mass is 551 g/mol. The molecule has 0 radical (unpaired) electrons. The molecule has 3 atom stereocenters. The van der Waals surface area contributed by atoms with Gasteiger partial charge in [0.25, 0.3) is 0 Å². The number of para-hydroxylation sites is 1. The number of carboxylic acid groups (broad SMARTS) is 2.